The molecule has 6 heteroatoms. The quantitative estimate of drug-likeness (QED) is 0.598. The summed E-state index contributed by atoms with van der Waals surface area (Å²) in [7, 11) is 0. The van der Waals surface area contributed by atoms with Gasteiger partial charge < -0.3 is 15.0 Å². The first-order valence-corrected chi connectivity index (χ1v) is 8.10. The highest BCUT2D eigenvalue weighted by atomic mass is 16.5. The second-order valence-corrected chi connectivity index (χ2v) is 6.12. The first-order valence-electron chi connectivity index (χ1n) is 8.10. The molecule has 2 rings (SSSR count). The SMILES string of the molecule is Cc1ccccc1C(=O)N[C@@H](C(=O)OCC(=O)c1ccc[nH]1)C(C)C. The second-order valence-electron chi connectivity index (χ2n) is 6.12. The zero-order valence-electron chi connectivity index (χ0n) is 14.5. The number of H-pyrrole nitrogens is 1. The van der Waals surface area contributed by atoms with Crippen LogP contribution >= 0.6 is 0 Å². The highest BCUT2D eigenvalue weighted by molar-refractivity contribution is 5.99. The smallest absolute Gasteiger partial charge is 0.329 e. The molecule has 0 aliphatic rings. The van der Waals surface area contributed by atoms with Crippen molar-refractivity contribution in [2.75, 3.05) is 6.61 Å². The molecule has 1 aromatic heterocycles. The Kier molecular flexibility index (Phi) is 6.11. The summed E-state index contributed by atoms with van der Waals surface area (Å²) in [6.07, 6.45) is 1.62. The van der Waals surface area contributed by atoms with Crippen molar-refractivity contribution in [3.05, 3.63) is 59.4 Å². The number of carbonyl (C=O) groups excluding carboxylic acids is 3. The van der Waals surface area contributed by atoms with Crippen LogP contribution in [-0.4, -0.2) is 35.3 Å². The summed E-state index contributed by atoms with van der Waals surface area (Å²) in [6.45, 7) is 5.06. The summed E-state index contributed by atoms with van der Waals surface area (Å²) in [5.41, 5.74) is 1.69. The Morgan fingerprint density at radius 1 is 1.12 bits per heavy atom. The van der Waals surface area contributed by atoms with Gasteiger partial charge in [-0.3, -0.25) is 9.59 Å². The van der Waals surface area contributed by atoms with Crippen LogP contribution in [0.15, 0.2) is 42.6 Å². The molecule has 132 valence electrons. The Labute approximate surface area is 146 Å². The summed E-state index contributed by atoms with van der Waals surface area (Å²) in [6, 6.07) is 9.59. The van der Waals surface area contributed by atoms with Crippen molar-refractivity contribution in [2.24, 2.45) is 5.92 Å². The lowest BCUT2D eigenvalue weighted by Crippen LogP contribution is -2.45. The minimum atomic E-state index is -0.830. The van der Waals surface area contributed by atoms with Gasteiger partial charge in [-0.05, 0) is 36.6 Å². The maximum Gasteiger partial charge on any atom is 0.329 e. The summed E-state index contributed by atoms with van der Waals surface area (Å²) in [4.78, 5) is 39.4. The van der Waals surface area contributed by atoms with Crippen LogP contribution < -0.4 is 5.32 Å². The number of hydrogen-bond acceptors (Lipinski definition) is 4. The van der Waals surface area contributed by atoms with Crippen LogP contribution in [0.4, 0.5) is 0 Å². The number of Topliss-reactive ketones (excluding diaryl/α,β-unsaturated/α-hetero) is 1. The van der Waals surface area contributed by atoms with Gasteiger partial charge in [0.1, 0.15) is 6.04 Å². The molecule has 6 nitrogen and oxygen atoms in total. The number of rotatable bonds is 7. The molecule has 0 aliphatic heterocycles. The molecule has 1 heterocycles. The number of aromatic nitrogens is 1. The van der Waals surface area contributed by atoms with Crippen LogP contribution in [0.1, 0.15) is 40.3 Å². The molecule has 1 atom stereocenters. The summed E-state index contributed by atoms with van der Waals surface area (Å²) in [5, 5.41) is 2.70. The third-order valence-corrected chi connectivity index (χ3v) is 3.84. The number of ketones is 1. The van der Waals surface area contributed by atoms with Gasteiger partial charge >= 0.3 is 5.97 Å². The van der Waals surface area contributed by atoms with E-state index in [0.29, 0.717) is 11.3 Å². The van der Waals surface area contributed by atoms with E-state index in [0.717, 1.165) is 5.56 Å². The molecule has 1 aromatic carbocycles. The zero-order valence-corrected chi connectivity index (χ0v) is 14.5. The van der Waals surface area contributed by atoms with E-state index >= 15 is 0 Å². The van der Waals surface area contributed by atoms with Crippen molar-refractivity contribution >= 4 is 17.7 Å². The van der Waals surface area contributed by atoms with Crippen LogP contribution in [-0.2, 0) is 9.53 Å². The summed E-state index contributed by atoms with van der Waals surface area (Å²) >= 11 is 0. The van der Waals surface area contributed by atoms with E-state index in [-0.39, 0.29) is 24.2 Å². The van der Waals surface area contributed by atoms with Crippen LogP contribution in [0.2, 0.25) is 0 Å². The second kappa shape index (κ2) is 8.28. The summed E-state index contributed by atoms with van der Waals surface area (Å²) < 4.78 is 5.09. The number of nitrogens with one attached hydrogen (secondary N) is 2. The zero-order chi connectivity index (χ0) is 18.4. The van der Waals surface area contributed by atoms with Crippen LogP contribution in [0.3, 0.4) is 0 Å². The molecule has 2 aromatic rings. The van der Waals surface area contributed by atoms with Gasteiger partial charge in [0.15, 0.2) is 6.61 Å². The van der Waals surface area contributed by atoms with Crippen LogP contribution in [0.5, 0.6) is 0 Å². The van der Waals surface area contributed by atoms with Crippen LogP contribution in [0, 0.1) is 12.8 Å². The lowest BCUT2D eigenvalue weighted by molar-refractivity contribution is -0.145. The Bertz CT molecular complexity index is 751. The van der Waals surface area contributed by atoms with Crippen molar-refractivity contribution in [3.8, 4) is 0 Å². The first kappa shape index (κ1) is 18.4. The van der Waals surface area contributed by atoms with E-state index in [1.807, 2.05) is 19.1 Å². The van der Waals surface area contributed by atoms with Gasteiger partial charge in [-0.2, -0.15) is 0 Å². The molecule has 0 spiro atoms. The van der Waals surface area contributed by atoms with Gasteiger partial charge in [0.05, 0.1) is 5.69 Å². The Morgan fingerprint density at radius 2 is 1.84 bits per heavy atom. The largest absolute Gasteiger partial charge is 0.456 e. The number of aromatic amines is 1. The number of amides is 1. The van der Waals surface area contributed by atoms with Crippen molar-refractivity contribution in [1.82, 2.24) is 10.3 Å². The van der Waals surface area contributed by atoms with Crippen molar-refractivity contribution in [1.29, 1.82) is 0 Å². The predicted molar refractivity (Wildman–Crippen MR) is 93.4 cm³/mol. The molecule has 25 heavy (non-hydrogen) atoms. The van der Waals surface area contributed by atoms with E-state index in [4.69, 9.17) is 4.74 Å². The van der Waals surface area contributed by atoms with Crippen LogP contribution in [0.25, 0.3) is 0 Å². The molecule has 0 saturated heterocycles. The predicted octanol–water partition coefficient (Wildman–Crippen LogP) is 2.50. The van der Waals surface area contributed by atoms with E-state index in [2.05, 4.69) is 10.3 Å². The van der Waals surface area contributed by atoms with Gasteiger partial charge in [-0.1, -0.05) is 32.0 Å². The Hall–Kier alpha value is -2.89. The lowest BCUT2D eigenvalue weighted by atomic mass is 10.0. The van der Waals surface area contributed by atoms with Gasteiger partial charge in [0, 0.05) is 11.8 Å². The number of hydrogen-bond donors (Lipinski definition) is 2. The number of carbonyl (C=O) groups is 3. The number of ether oxygens (including phenoxy) is 1. The molecular formula is C19H22N2O4. The maximum atomic E-state index is 12.4. The van der Waals surface area contributed by atoms with E-state index in [9.17, 15) is 14.4 Å². The van der Waals surface area contributed by atoms with Gasteiger partial charge in [0.2, 0.25) is 5.78 Å². The molecule has 2 N–H and O–H groups in total. The topological polar surface area (TPSA) is 88.3 Å². The number of aryl methyl sites for hydroxylation is 1. The van der Waals surface area contributed by atoms with Gasteiger partial charge in [-0.25, -0.2) is 4.79 Å². The Morgan fingerprint density at radius 3 is 2.44 bits per heavy atom. The monoisotopic (exact) mass is 342 g/mol. The average molecular weight is 342 g/mol. The third-order valence-electron chi connectivity index (χ3n) is 3.84. The standard InChI is InChI=1S/C19H22N2O4/c1-12(2)17(21-18(23)14-8-5-4-7-13(14)3)19(24)25-11-16(22)15-9-6-10-20-15/h4-10,12,17,20H,11H2,1-3H3,(H,21,23)/t17-/m1/s1. The van der Waals surface area contributed by atoms with Gasteiger partial charge in [-0.15, -0.1) is 0 Å². The first-order chi connectivity index (χ1) is 11.9. The maximum absolute atomic E-state index is 12.4. The highest BCUT2D eigenvalue weighted by Gasteiger charge is 2.27. The Balaban J connectivity index is 2.00. The average Bonchev–Trinajstić information content (AvgIpc) is 3.11. The van der Waals surface area contributed by atoms with Crippen molar-refractivity contribution in [2.45, 2.75) is 26.8 Å². The molecule has 1 amide bonds. The number of esters is 1. The van der Waals surface area contributed by atoms with E-state index in [1.165, 1.54) is 0 Å². The fourth-order valence-corrected chi connectivity index (χ4v) is 2.35. The molecule has 0 fully saturated rings. The fourth-order valence-electron chi connectivity index (χ4n) is 2.35. The molecule has 0 saturated carbocycles. The molecule has 0 radical (unpaired) electrons. The van der Waals surface area contributed by atoms with Crippen molar-refractivity contribution < 1.29 is 19.1 Å². The molecular weight excluding hydrogens is 320 g/mol. The molecule has 0 unspecified atom stereocenters. The van der Waals surface area contributed by atoms with E-state index < -0.39 is 12.0 Å². The van der Waals surface area contributed by atoms with Gasteiger partial charge in [0.25, 0.3) is 5.91 Å². The minimum absolute atomic E-state index is 0.180. The number of benzene rings is 1. The normalized spacial score (nSPS) is 11.8. The highest BCUT2D eigenvalue weighted by Crippen LogP contribution is 2.10. The minimum Gasteiger partial charge on any atom is -0.456 e. The van der Waals surface area contributed by atoms with Crippen molar-refractivity contribution in [3.63, 3.8) is 0 Å². The lowest BCUT2D eigenvalue weighted by Gasteiger charge is -2.21. The molecule has 0 bridgehead atoms. The third kappa shape index (κ3) is 4.79. The molecule has 0 aliphatic carbocycles. The fraction of sp³-hybridized carbons (Fsp3) is 0.316. The summed E-state index contributed by atoms with van der Waals surface area (Å²) in [5.74, 6) is -1.48. The van der Waals surface area contributed by atoms with E-state index in [1.54, 1.807) is 44.3 Å².